The summed E-state index contributed by atoms with van der Waals surface area (Å²) in [5.74, 6) is 0. The smallest absolute Gasteiger partial charge is 0.147 e. The summed E-state index contributed by atoms with van der Waals surface area (Å²) in [5, 5.41) is 0.412. The Morgan fingerprint density at radius 2 is 1.93 bits per heavy atom. The van der Waals surface area contributed by atoms with E-state index in [1.165, 1.54) is 0 Å². The molecule has 0 bridgehead atoms. The van der Waals surface area contributed by atoms with Crippen molar-refractivity contribution in [3.8, 4) is 0 Å². The lowest BCUT2D eigenvalue weighted by Crippen LogP contribution is -1.95. The largest absolute Gasteiger partial charge is 0.261 e. The Balaban J connectivity index is 2.16. The minimum absolute atomic E-state index is 0.412. The van der Waals surface area contributed by atoms with Crippen molar-refractivity contribution in [2.24, 2.45) is 0 Å². The van der Waals surface area contributed by atoms with Crippen molar-refractivity contribution in [1.29, 1.82) is 0 Å². The van der Waals surface area contributed by atoms with Gasteiger partial charge in [0.1, 0.15) is 5.15 Å². The second-order valence-corrected chi connectivity index (χ2v) is 3.22. The lowest BCUT2D eigenvalue weighted by Gasteiger charge is -1.98. The summed E-state index contributed by atoms with van der Waals surface area (Å²) in [5.41, 5.74) is 1.84. The second kappa shape index (κ2) is 4.15. The molecule has 0 saturated heterocycles. The van der Waals surface area contributed by atoms with Crippen LogP contribution < -0.4 is 0 Å². The van der Waals surface area contributed by atoms with Crippen LogP contribution in [0, 0.1) is 0 Å². The Labute approximate surface area is 86.8 Å². The van der Waals surface area contributed by atoms with E-state index in [0.717, 1.165) is 11.4 Å². The molecule has 70 valence electrons. The molecule has 2 heterocycles. The van der Waals surface area contributed by atoms with Gasteiger partial charge in [-0.15, -0.1) is 0 Å². The maximum absolute atomic E-state index is 5.63. The van der Waals surface area contributed by atoms with Crippen molar-refractivity contribution < 1.29 is 0 Å². The molecular weight excluding hydrogens is 198 g/mol. The van der Waals surface area contributed by atoms with Gasteiger partial charge in [0.05, 0.1) is 18.1 Å². The van der Waals surface area contributed by atoms with Crippen LogP contribution in [0.2, 0.25) is 5.15 Å². The highest BCUT2D eigenvalue weighted by atomic mass is 35.5. The van der Waals surface area contributed by atoms with Gasteiger partial charge in [0.15, 0.2) is 0 Å². The van der Waals surface area contributed by atoms with Crippen LogP contribution in [0.25, 0.3) is 0 Å². The van der Waals surface area contributed by atoms with Gasteiger partial charge < -0.3 is 0 Å². The zero-order valence-corrected chi connectivity index (χ0v) is 8.15. The average molecular weight is 206 g/mol. The third-order valence-corrected chi connectivity index (χ3v) is 1.96. The van der Waals surface area contributed by atoms with E-state index in [-0.39, 0.29) is 0 Å². The highest BCUT2D eigenvalue weighted by Gasteiger charge is 1.98. The van der Waals surface area contributed by atoms with Crippen LogP contribution in [0.5, 0.6) is 0 Å². The van der Waals surface area contributed by atoms with E-state index in [1.54, 1.807) is 18.6 Å². The van der Waals surface area contributed by atoms with Crippen LogP contribution in [0.3, 0.4) is 0 Å². The minimum atomic E-state index is 0.412. The molecule has 4 heteroatoms. The Morgan fingerprint density at radius 3 is 2.57 bits per heavy atom. The van der Waals surface area contributed by atoms with E-state index in [0.29, 0.717) is 11.6 Å². The van der Waals surface area contributed by atoms with Crippen LogP contribution in [0.15, 0.2) is 36.8 Å². The van der Waals surface area contributed by atoms with Gasteiger partial charge >= 0.3 is 0 Å². The Hall–Kier alpha value is -1.48. The molecule has 0 atom stereocenters. The summed E-state index contributed by atoms with van der Waals surface area (Å²) in [6.45, 7) is 0. The molecule has 0 unspecified atom stereocenters. The van der Waals surface area contributed by atoms with Crippen molar-refractivity contribution in [2.75, 3.05) is 0 Å². The molecule has 2 aromatic heterocycles. The zero-order chi connectivity index (χ0) is 9.80. The van der Waals surface area contributed by atoms with Gasteiger partial charge in [0.25, 0.3) is 0 Å². The van der Waals surface area contributed by atoms with E-state index in [2.05, 4.69) is 15.0 Å². The number of hydrogen-bond acceptors (Lipinski definition) is 3. The number of hydrogen-bond donors (Lipinski definition) is 0. The maximum Gasteiger partial charge on any atom is 0.147 e. The molecule has 2 aromatic rings. The molecule has 0 fully saturated rings. The second-order valence-electron chi connectivity index (χ2n) is 2.83. The fraction of sp³-hybridized carbons (Fsp3) is 0.100. The number of pyridine rings is 1. The number of halogens is 1. The highest BCUT2D eigenvalue weighted by molar-refractivity contribution is 6.29. The molecule has 0 saturated carbocycles. The minimum Gasteiger partial charge on any atom is -0.261 e. The molecule has 3 nitrogen and oxygen atoms in total. The third kappa shape index (κ3) is 2.26. The van der Waals surface area contributed by atoms with Crippen LogP contribution in [0.1, 0.15) is 11.4 Å². The summed E-state index contributed by atoms with van der Waals surface area (Å²) >= 11 is 5.63. The van der Waals surface area contributed by atoms with Gasteiger partial charge in [0, 0.05) is 18.3 Å². The van der Waals surface area contributed by atoms with Crippen molar-refractivity contribution in [3.63, 3.8) is 0 Å². The van der Waals surface area contributed by atoms with Gasteiger partial charge in [-0.3, -0.25) is 9.97 Å². The molecule has 14 heavy (non-hydrogen) atoms. The predicted molar refractivity (Wildman–Crippen MR) is 54.1 cm³/mol. The first-order chi connectivity index (χ1) is 6.84. The monoisotopic (exact) mass is 205 g/mol. The summed E-state index contributed by atoms with van der Waals surface area (Å²) in [6.07, 6.45) is 5.65. The van der Waals surface area contributed by atoms with Gasteiger partial charge in [-0.25, -0.2) is 4.98 Å². The standard InChI is InChI=1S/C10H8ClN3/c11-10-7-13-9(6-14-10)5-8-3-1-2-4-12-8/h1-4,6-7H,5H2. The Morgan fingerprint density at radius 1 is 1.00 bits per heavy atom. The number of nitrogens with zero attached hydrogens (tertiary/aromatic N) is 3. The van der Waals surface area contributed by atoms with Crippen molar-refractivity contribution in [1.82, 2.24) is 15.0 Å². The fourth-order valence-corrected chi connectivity index (χ4v) is 1.22. The van der Waals surface area contributed by atoms with E-state index < -0.39 is 0 Å². The molecule has 0 aliphatic rings. The SMILES string of the molecule is Clc1cnc(Cc2ccccn2)cn1. The molecule has 0 amide bonds. The van der Waals surface area contributed by atoms with Crippen molar-refractivity contribution in [3.05, 3.63) is 53.3 Å². The quantitative estimate of drug-likeness (QED) is 0.754. The first-order valence-corrected chi connectivity index (χ1v) is 4.59. The topological polar surface area (TPSA) is 38.7 Å². The zero-order valence-electron chi connectivity index (χ0n) is 7.39. The van der Waals surface area contributed by atoms with Gasteiger partial charge in [-0.05, 0) is 12.1 Å². The third-order valence-electron chi connectivity index (χ3n) is 1.76. The highest BCUT2D eigenvalue weighted by Crippen LogP contribution is 2.05. The summed E-state index contributed by atoms with van der Waals surface area (Å²) in [7, 11) is 0. The van der Waals surface area contributed by atoms with E-state index in [4.69, 9.17) is 11.6 Å². The normalized spacial score (nSPS) is 10.1. The van der Waals surface area contributed by atoms with E-state index in [9.17, 15) is 0 Å². The molecular formula is C10H8ClN3. The van der Waals surface area contributed by atoms with Crippen LogP contribution in [0.4, 0.5) is 0 Å². The van der Waals surface area contributed by atoms with Crippen LogP contribution >= 0.6 is 11.6 Å². The molecule has 0 N–H and O–H groups in total. The Bertz CT molecular complexity index is 399. The van der Waals surface area contributed by atoms with E-state index >= 15 is 0 Å². The predicted octanol–water partition coefficient (Wildman–Crippen LogP) is 2.12. The lowest BCUT2D eigenvalue weighted by molar-refractivity contribution is 0.986. The molecule has 2 rings (SSSR count). The fourth-order valence-electron chi connectivity index (χ4n) is 1.12. The molecule has 0 aliphatic heterocycles. The number of aromatic nitrogens is 3. The summed E-state index contributed by atoms with van der Waals surface area (Å²) in [6, 6.07) is 5.79. The molecule has 0 aromatic carbocycles. The molecule has 0 radical (unpaired) electrons. The maximum atomic E-state index is 5.63. The first kappa shape index (κ1) is 9.09. The molecule has 0 aliphatic carbocycles. The summed E-state index contributed by atoms with van der Waals surface area (Å²) in [4.78, 5) is 12.3. The van der Waals surface area contributed by atoms with Crippen molar-refractivity contribution >= 4 is 11.6 Å². The van der Waals surface area contributed by atoms with Gasteiger partial charge in [-0.1, -0.05) is 17.7 Å². The van der Waals surface area contributed by atoms with Crippen LogP contribution in [-0.4, -0.2) is 15.0 Å². The van der Waals surface area contributed by atoms with E-state index in [1.807, 2.05) is 18.2 Å². The Kier molecular flexibility index (Phi) is 2.70. The average Bonchev–Trinajstić information content (AvgIpc) is 2.23. The van der Waals surface area contributed by atoms with Gasteiger partial charge in [-0.2, -0.15) is 0 Å². The lowest BCUT2D eigenvalue weighted by atomic mass is 10.2. The number of rotatable bonds is 2. The van der Waals surface area contributed by atoms with Gasteiger partial charge in [0.2, 0.25) is 0 Å². The molecule has 0 spiro atoms. The van der Waals surface area contributed by atoms with Crippen LogP contribution in [-0.2, 0) is 6.42 Å². The van der Waals surface area contributed by atoms with Crippen molar-refractivity contribution in [2.45, 2.75) is 6.42 Å². The first-order valence-electron chi connectivity index (χ1n) is 4.21. The summed E-state index contributed by atoms with van der Waals surface area (Å²) < 4.78 is 0.